The number of anilines is 1. The van der Waals surface area contributed by atoms with Gasteiger partial charge in [0, 0.05) is 17.5 Å². The van der Waals surface area contributed by atoms with Gasteiger partial charge in [-0.25, -0.2) is 0 Å². The predicted octanol–water partition coefficient (Wildman–Crippen LogP) is 3.55. The summed E-state index contributed by atoms with van der Waals surface area (Å²) in [4.78, 5) is 16.6. The summed E-state index contributed by atoms with van der Waals surface area (Å²) in [5.41, 5.74) is 3.17. The molecule has 1 rings (SSSR count). The third-order valence-electron chi connectivity index (χ3n) is 2.99. The number of rotatable bonds is 4. The summed E-state index contributed by atoms with van der Waals surface area (Å²) in [6.45, 7) is 9.84. The molecule has 0 aliphatic rings. The molecule has 1 aromatic rings. The Morgan fingerprint density at radius 1 is 1.36 bits per heavy atom. The first-order valence-electron chi connectivity index (χ1n) is 7.22. The van der Waals surface area contributed by atoms with E-state index in [1.165, 1.54) is 7.11 Å². The standard InChI is InChI=1S/C18H24N2O2/c1-13-15(10-8-12-18(3,4)5)9-7-11-16(13)19-17(21)14(2)20-22-6/h7,9,11H,10H2,1-6H3,(H,19,21)/b20-14+. The van der Waals surface area contributed by atoms with E-state index in [4.69, 9.17) is 0 Å². The highest BCUT2D eigenvalue weighted by Gasteiger charge is 2.10. The molecule has 0 unspecified atom stereocenters. The van der Waals surface area contributed by atoms with E-state index in [9.17, 15) is 4.79 Å². The molecular formula is C18H24N2O2. The van der Waals surface area contributed by atoms with Gasteiger partial charge in [0.15, 0.2) is 0 Å². The van der Waals surface area contributed by atoms with Gasteiger partial charge in [0.05, 0.1) is 0 Å². The van der Waals surface area contributed by atoms with E-state index in [0.717, 1.165) is 16.8 Å². The third-order valence-corrected chi connectivity index (χ3v) is 2.99. The number of nitrogens with one attached hydrogen (secondary N) is 1. The average Bonchev–Trinajstić information content (AvgIpc) is 2.41. The predicted molar refractivity (Wildman–Crippen MR) is 90.9 cm³/mol. The Bertz CT molecular complexity index is 629. The Labute approximate surface area is 132 Å². The molecule has 0 fully saturated rings. The van der Waals surface area contributed by atoms with Gasteiger partial charge in [-0.2, -0.15) is 0 Å². The van der Waals surface area contributed by atoms with Gasteiger partial charge in [0.25, 0.3) is 5.91 Å². The molecule has 0 heterocycles. The van der Waals surface area contributed by atoms with Gasteiger partial charge < -0.3 is 10.2 Å². The molecule has 0 aliphatic carbocycles. The Hall–Kier alpha value is -2.28. The zero-order valence-corrected chi connectivity index (χ0v) is 14.2. The van der Waals surface area contributed by atoms with Crippen molar-refractivity contribution in [2.45, 2.75) is 41.0 Å². The number of carbonyl (C=O) groups is 1. The van der Waals surface area contributed by atoms with Crippen molar-refractivity contribution in [2.24, 2.45) is 10.6 Å². The van der Waals surface area contributed by atoms with Crippen LogP contribution < -0.4 is 5.32 Å². The number of hydrogen-bond donors (Lipinski definition) is 1. The number of oxime groups is 1. The van der Waals surface area contributed by atoms with E-state index in [1.807, 2.05) is 25.1 Å². The number of carbonyl (C=O) groups excluding carboxylic acids is 1. The lowest BCUT2D eigenvalue weighted by molar-refractivity contribution is -0.110. The quantitative estimate of drug-likeness (QED) is 0.525. The average molecular weight is 300 g/mol. The first-order valence-corrected chi connectivity index (χ1v) is 7.22. The highest BCUT2D eigenvalue weighted by molar-refractivity contribution is 6.42. The molecule has 0 atom stereocenters. The van der Waals surface area contributed by atoms with Crippen molar-refractivity contribution in [3.05, 3.63) is 29.3 Å². The minimum absolute atomic E-state index is 0.00649. The highest BCUT2D eigenvalue weighted by atomic mass is 16.6. The lowest BCUT2D eigenvalue weighted by Crippen LogP contribution is -2.21. The van der Waals surface area contributed by atoms with Crippen molar-refractivity contribution in [3.63, 3.8) is 0 Å². The summed E-state index contributed by atoms with van der Waals surface area (Å²) in [5, 5.41) is 6.48. The lowest BCUT2D eigenvalue weighted by atomic mass is 9.97. The first kappa shape index (κ1) is 17.8. The zero-order chi connectivity index (χ0) is 16.8. The van der Waals surface area contributed by atoms with Crippen molar-refractivity contribution >= 4 is 17.3 Å². The number of benzene rings is 1. The van der Waals surface area contributed by atoms with Crippen LogP contribution in [-0.4, -0.2) is 18.7 Å². The largest absolute Gasteiger partial charge is 0.399 e. The zero-order valence-electron chi connectivity index (χ0n) is 14.2. The fourth-order valence-corrected chi connectivity index (χ4v) is 1.81. The minimum Gasteiger partial charge on any atom is -0.399 e. The Balaban J connectivity index is 2.91. The van der Waals surface area contributed by atoms with Gasteiger partial charge >= 0.3 is 0 Å². The number of hydrogen-bond acceptors (Lipinski definition) is 3. The summed E-state index contributed by atoms with van der Waals surface area (Å²) in [6, 6.07) is 5.81. The molecule has 118 valence electrons. The molecule has 0 radical (unpaired) electrons. The van der Waals surface area contributed by atoms with E-state index in [1.54, 1.807) is 6.92 Å². The molecule has 1 aromatic carbocycles. The van der Waals surface area contributed by atoms with Gasteiger partial charge in [-0.3, -0.25) is 4.79 Å². The second kappa shape index (κ2) is 7.65. The normalized spacial score (nSPS) is 11.5. The van der Waals surface area contributed by atoms with Crippen LogP contribution in [0.5, 0.6) is 0 Å². The number of nitrogens with zero attached hydrogens (tertiary/aromatic N) is 1. The maximum atomic E-state index is 12.0. The second-order valence-electron chi connectivity index (χ2n) is 6.13. The Morgan fingerprint density at radius 2 is 2.05 bits per heavy atom. The van der Waals surface area contributed by atoms with Crippen molar-refractivity contribution in [3.8, 4) is 11.8 Å². The van der Waals surface area contributed by atoms with E-state index in [0.29, 0.717) is 6.42 Å². The summed E-state index contributed by atoms with van der Waals surface area (Å²) in [5.74, 6) is 6.14. The van der Waals surface area contributed by atoms with Crippen LogP contribution in [0.2, 0.25) is 0 Å². The van der Waals surface area contributed by atoms with Gasteiger partial charge in [-0.1, -0.05) is 29.1 Å². The van der Waals surface area contributed by atoms with E-state index in [2.05, 4.69) is 47.9 Å². The molecule has 0 spiro atoms. The van der Waals surface area contributed by atoms with Crippen molar-refractivity contribution in [1.82, 2.24) is 0 Å². The van der Waals surface area contributed by atoms with Crippen LogP contribution in [0.25, 0.3) is 0 Å². The van der Waals surface area contributed by atoms with Gasteiger partial charge in [0.1, 0.15) is 12.8 Å². The van der Waals surface area contributed by atoms with Crippen LogP contribution in [0.3, 0.4) is 0 Å². The maximum Gasteiger partial charge on any atom is 0.273 e. The van der Waals surface area contributed by atoms with Gasteiger partial charge in [-0.05, 0) is 51.8 Å². The van der Waals surface area contributed by atoms with E-state index < -0.39 is 0 Å². The van der Waals surface area contributed by atoms with E-state index in [-0.39, 0.29) is 17.0 Å². The summed E-state index contributed by atoms with van der Waals surface area (Å²) >= 11 is 0. The van der Waals surface area contributed by atoms with Crippen molar-refractivity contribution in [2.75, 3.05) is 12.4 Å². The molecule has 0 bridgehead atoms. The van der Waals surface area contributed by atoms with Crippen LogP contribution in [0.4, 0.5) is 5.69 Å². The summed E-state index contributed by atoms with van der Waals surface area (Å²) in [6.07, 6.45) is 0.665. The topological polar surface area (TPSA) is 50.7 Å². The highest BCUT2D eigenvalue weighted by Crippen LogP contribution is 2.19. The molecule has 4 nitrogen and oxygen atoms in total. The molecule has 0 aromatic heterocycles. The van der Waals surface area contributed by atoms with E-state index >= 15 is 0 Å². The molecular weight excluding hydrogens is 276 g/mol. The van der Waals surface area contributed by atoms with Crippen LogP contribution in [-0.2, 0) is 16.1 Å². The molecule has 1 amide bonds. The molecule has 1 N–H and O–H groups in total. The van der Waals surface area contributed by atoms with Crippen molar-refractivity contribution in [1.29, 1.82) is 0 Å². The van der Waals surface area contributed by atoms with Gasteiger partial charge in [0.2, 0.25) is 0 Å². The van der Waals surface area contributed by atoms with Crippen molar-refractivity contribution < 1.29 is 9.63 Å². The Morgan fingerprint density at radius 3 is 2.64 bits per heavy atom. The van der Waals surface area contributed by atoms with Gasteiger partial charge in [-0.15, -0.1) is 0 Å². The van der Waals surface area contributed by atoms with Crippen LogP contribution in [0.15, 0.2) is 23.4 Å². The first-order chi connectivity index (χ1) is 10.2. The molecule has 4 heteroatoms. The molecule has 0 aliphatic heterocycles. The maximum absolute atomic E-state index is 12.0. The second-order valence-corrected chi connectivity index (χ2v) is 6.13. The number of amides is 1. The third kappa shape index (κ3) is 5.61. The smallest absolute Gasteiger partial charge is 0.273 e. The summed E-state index contributed by atoms with van der Waals surface area (Å²) < 4.78 is 0. The fourth-order valence-electron chi connectivity index (χ4n) is 1.81. The van der Waals surface area contributed by atoms with Crippen LogP contribution >= 0.6 is 0 Å². The molecule has 0 saturated carbocycles. The SMILES string of the molecule is CO/N=C(\C)C(=O)Nc1cccc(CC#CC(C)(C)C)c1C. The Kier molecular flexibility index (Phi) is 6.18. The summed E-state index contributed by atoms with van der Waals surface area (Å²) in [7, 11) is 1.41. The van der Waals surface area contributed by atoms with Crippen LogP contribution in [0.1, 0.15) is 38.8 Å². The fraction of sp³-hybridized carbons (Fsp3) is 0.444. The monoisotopic (exact) mass is 300 g/mol. The lowest BCUT2D eigenvalue weighted by Gasteiger charge is -2.11. The molecule has 22 heavy (non-hydrogen) atoms. The van der Waals surface area contributed by atoms with Crippen LogP contribution in [0, 0.1) is 24.2 Å². The molecule has 0 saturated heterocycles. The minimum atomic E-state index is -0.275.